The predicted molar refractivity (Wildman–Crippen MR) is 78.5 cm³/mol. The molecule has 1 aliphatic carbocycles. The summed E-state index contributed by atoms with van der Waals surface area (Å²) in [6.45, 7) is 10.6. The van der Waals surface area contributed by atoms with Gasteiger partial charge in [-0.2, -0.15) is 0 Å². The molecule has 1 unspecified atom stereocenters. The topological polar surface area (TPSA) is 46.9 Å². The van der Waals surface area contributed by atoms with Gasteiger partial charge in [-0.3, -0.25) is 4.79 Å². The molecule has 0 bridgehead atoms. The van der Waals surface area contributed by atoms with Crippen LogP contribution in [0.1, 0.15) is 53.9 Å². The average Bonchev–Trinajstić information content (AvgIpc) is 2.59. The van der Waals surface area contributed by atoms with Gasteiger partial charge in [-0.15, -0.1) is 0 Å². The van der Waals surface area contributed by atoms with Gasteiger partial charge >= 0.3 is 0 Å². The van der Waals surface area contributed by atoms with E-state index in [9.17, 15) is 4.79 Å². The summed E-state index contributed by atoms with van der Waals surface area (Å²) in [7, 11) is 0. The van der Waals surface area contributed by atoms with Crippen molar-refractivity contribution in [1.29, 1.82) is 0 Å². The highest BCUT2D eigenvalue weighted by atomic mass is 16.1. The van der Waals surface area contributed by atoms with Crippen LogP contribution in [0.25, 0.3) is 0 Å². The number of nitrogens with zero attached hydrogens (tertiary/aromatic N) is 2. The molecule has 1 aliphatic rings. The number of hydrogen-bond acceptors (Lipinski definition) is 3. The van der Waals surface area contributed by atoms with Gasteiger partial charge in [-0.05, 0) is 39.0 Å². The van der Waals surface area contributed by atoms with Crippen molar-refractivity contribution in [2.75, 3.05) is 5.32 Å². The van der Waals surface area contributed by atoms with E-state index in [0.29, 0.717) is 11.9 Å². The molecule has 0 spiro atoms. The Morgan fingerprint density at radius 1 is 1.42 bits per heavy atom. The molecule has 0 saturated heterocycles. The molecule has 0 amide bonds. The molecule has 1 atom stereocenters. The Morgan fingerprint density at radius 2 is 2.11 bits per heavy atom. The molecule has 1 aromatic heterocycles. The van der Waals surface area contributed by atoms with E-state index in [0.717, 1.165) is 6.42 Å². The van der Waals surface area contributed by atoms with E-state index in [4.69, 9.17) is 0 Å². The monoisotopic (exact) mass is 263 g/mol. The zero-order valence-corrected chi connectivity index (χ0v) is 12.7. The Kier molecular flexibility index (Phi) is 3.45. The van der Waals surface area contributed by atoms with Gasteiger partial charge in [0.1, 0.15) is 0 Å². The lowest BCUT2D eigenvalue weighted by Crippen LogP contribution is -2.38. The highest BCUT2D eigenvalue weighted by Gasteiger charge is 2.35. The summed E-state index contributed by atoms with van der Waals surface area (Å²) in [6.07, 6.45) is 6.98. The first kappa shape index (κ1) is 14.1. The SMILES string of the molecule is CC1(C)CCCC1Nc1nccn(C(C)(C)C)c1=O. The van der Waals surface area contributed by atoms with Gasteiger partial charge in [0.25, 0.3) is 5.56 Å². The summed E-state index contributed by atoms with van der Waals surface area (Å²) in [5, 5.41) is 3.37. The van der Waals surface area contributed by atoms with Crippen LogP contribution in [0.15, 0.2) is 17.2 Å². The number of hydrogen-bond donors (Lipinski definition) is 1. The summed E-state index contributed by atoms with van der Waals surface area (Å²) in [6, 6.07) is 0.337. The Balaban J connectivity index is 2.30. The molecule has 2 rings (SSSR count). The lowest BCUT2D eigenvalue weighted by Gasteiger charge is -2.29. The second-order valence-electron chi connectivity index (χ2n) is 7.20. The van der Waals surface area contributed by atoms with E-state index in [1.165, 1.54) is 12.8 Å². The second-order valence-corrected chi connectivity index (χ2v) is 7.20. The van der Waals surface area contributed by atoms with Crippen LogP contribution in [0.2, 0.25) is 0 Å². The average molecular weight is 263 g/mol. The van der Waals surface area contributed by atoms with E-state index >= 15 is 0 Å². The van der Waals surface area contributed by atoms with Crippen molar-refractivity contribution < 1.29 is 0 Å². The highest BCUT2D eigenvalue weighted by Crippen LogP contribution is 2.38. The number of anilines is 1. The van der Waals surface area contributed by atoms with E-state index in [-0.39, 0.29) is 16.5 Å². The standard InChI is InChI=1S/C15H25N3O/c1-14(2,3)18-10-9-16-12(13(18)19)17-11-7-6-8-15(11,4)5/h9-11H,6-8H2,1-5H3,(H,16,17). The summed E-state index contributed by atoms with van der Waals surface area (Å²) in [5.41, 5.74) is -0.0178. The van der Waals surface area contributed by atoms with Crippen molar-refractivity contribution in [3.8, 4) is 0 Å². The van der Waals surface area contributed by atoms with Gasteiger partial charge in [0.2, 0.25) is 0 Å². The van der Waals surface area contributed by atoms with Crippen molar-refractivity contribution in [2.24, 2.45) is 5.41 Å². The Bertz CT molecular complexity index is 511. The first-order valence-corrected chi connectivity index (χ1v) is 7.06. The van der Waals surface area contributed by atoms with Gasteiger partial charge in [0.05, 0.1) is 0 Å². The smallest absolute Gasteiger partial charge is 0.293 e. The third-order valence-corrected chi connectivity index (χ3v) is 4.13. The van der Waals surface area contributed by atoms with Crippen LogP contribution >= 0.6 is 0 Å². The number of nitrogens with one attached hydrogen (secondary N) is 1. The first-order chi connectivity index (χ1) is 8.72. The zero-order valence-electron chi connectivity index (χ0n) is 12.7. The predicted octanol–water partition coefficient (Wildman–Crippen LogP) is 2.99. The van der Waals surface area contributed by atoms with Crippen LogP contribution in [0, 0.1) is 5.41 Å². The normalized spacial score (nSPS) is 22.5. The summed E-state index contributed by atoms with van der Waals surface area (Å²) in [4.78, 5) is 16.7. The molecule has 1 saturated carbocycles. The van der Waals surface area contributed by atoms with Crippen LogP contribution in [0.3, 0.4) is 0 Å². The van der Waals surface area contributed by atoms with E-state index in [1.54, 1.807) is 17.0 Å². The summed E-state index contributed by atoms with van der Waals surface area (Å²) in [5.74, 6) is 0.484. The molecule has 19 heavy (non-hydrogen) atoms. The van der Waals surface area contributed by atoms with Gasteiger partial charge in [0.15, 0.2) is 5.82 Å². The lowest BCUT2D eigenvalue weighted by molar-refractivity contribution is 0.347. The second kappa shape index (κ2) is 4.66. The minimum atomic E-state index is -0.221. The summed E-state index contributed by atoms with van der Waals surface area (Å²) < 4.78 is 1.74. The largest absolute Gasteiger partial charge is 0.362 e. The lowest BCUT2D eigenvalue weighted by atomic mass is 9.87. The van der Waals surface area contributed by atoms with Crippen LogP contribution in [-0.4, -0.2) is 15.6 Å². The van der Waals surface area contributed by atoms with Gasteiger partial charge < -0.3 is 9.88 Å². The molecule has 106 valence electrons. The van der Waals surface area contributed by atoms with E-state index < -0.39 is 0 Å². The molecule has 0 aliphatic heterocycles. The van der Waals surface area contributed by atoms with Crippen LogP contribution < -0.4 is 10.9 Å². The van der Waals surface area contributed by atoms with Gasteiger partial charge in [-0.25, -0.2) is 4.98 Å². The fourth-order valence-electron chi connectivity index (χ4n) is 2.80. The first-order valence-electron chi connectivity index (χ1n) is 7.06. The van der Waals surface area contributed by atoms with Crippen LogP contribution in [0.5, 0.6) is 0 Å². The van der Waals surface area contributed by atoms with Crippen molar-refractivity contribution in [3.63, 3.8) is 0 Å². The third kappa shape index (κ3) is 2.82. The minimum absolute atomic E-state index is 0.0299. The van der Waals surface area contributed by atoms with E-state index in [1.807, 2.05) is 20.8 Å². The highest BCUT2D eigenvalue weighted by molar-refractivity contribution is 5.34. The van der Waals surface area contributed by atoms with Gasteiger partial charge in [0, 0.05) is 24.0 Å². The molecular weight excluding hydrogens is 238 g/mol. The molecule has 1 heterocycles. The minimum Gasteiger partial charge on any atom is -0.362 e. The van der Waals surface area contributed by atoms with Gasteiger partial charge in [-0.1, -0.05) is 20.3 Å². The summed E-state index contributed by atoms with van der Waals surface area (Å²) >= 11 is 0. The molecule has 1 N–H and O–H groups in total. The maximum Gasteiger partial charge on any atom is 0.293 e. The Morgan fingerprint density at radius 3 is 2.63 bits per heavy atom. The molecule has 1 aromatic rings. The van der Waals surface area contributed by atoms with Crippen molar-refractivity contribution in [3.05, 3.63) is 22.7 Å². The molecule has 0 aromatic carbocycles. The number of rotatable bonds is 2. The third-order valence-electron chi connectivity index (χ3n) is 4.13. The fourth-order valence-corrected chi connectivity index (χ4v) is 2.80. The fraction of sp³-hybridized carbons (Fsp3) is 0.733. The maximum absolute atomic E-state index is 12.5. The van der Waals surface area contributed by atoms with Crippen molar-refractivity contribution in [2.45, 2.75) is 65.5 Å². The van der Waals surface area contributed by atoms with Crippen molar-refractivity contribution >= 4 is 5.82 Å². The Labute approximate surface area is 115 Å². The molecule has 4 heteroatoms. The molecule has 0 radical (unpaired) electrons. The number of aromatic nitrogens is 2. The van der Waals surface area contributed by atoms with Crippen molar-refractivity contribution in [1.82, 2.24) is 9.55 Å². The van der Waals surface area contributed by atoms with Crippen LogP contribution in [-0.2, 0) is 5.54 Å². The quantitative estimate of drug-likeness (QED) is 0.892. The maximum atomic E-state index is 12.5. The van der Waals surface area contributed by atoms with Crippen LogP contribution in [0.4, 0.5) is 5.82 Å². The zero-order chi connectivity index (χ0) is 14.3. The van der Waals surface area contributed by atoms with E-state index in [2.05, 4.69) is 24.1 Å². The molecular formula is C15H25N3O. The Hall–Kier alpha value is -1.32. The molecule has 4 nitrogen and oxygen atoms in total. The molecule has 1 fully saturated rings.